The third-order valence-electron chi connectivity index (χ3n) is 6.42. The molecule has 3 aromatic rings. The summed E-state index contributed by atoms with van der Waals surface area (Å²) < 4.78 is 11.4. The van der Waals surface area contributed by atoms with Gasteiger partial charge in [-0.1, -0.05) is 49.6 Å². The normalized spacial score (nSPS) is 16.9. The van der Waals surface area contributed by atoms with E-state index >= 15 is 0 Å². The van der Waals surface area contributed by atoms with Gasteiger partial charge < -0.3 is 25.1 Å². The molecule has 1 aromatic heterocycles. The fraction of sp³-hybridized carbons (Fsp3) is 0.320. The van der Waals surface area contributed by atoms with Gasteiger partial charge in [-0.2, -0.15) is 0 Å². The van der Waals surface area contributed by atoms with Crippen LogP contribution in [0.15, 0.2) is 53.2 Å². The number of benzene rings is 2. The first-order valence-corrected chi connectivity index (χ1v) is 11.3. The molecule has 0 radical (unpaired) electrons. The van der Waals surface area contributed by atoms with Crippen molar-refractivity contribution in [3.63, 3.8) is 0 Å². The Morgan fingerprint density at radius 1 is 1.25 bits per heavy atom. The molecular weight excluding hydrogens is 426 g/mol. The maximum atomic E-state index is 12.9. The number of fused-ring (bicyclic) bond motifs is 4. The van der Waals surface area contributed by atoms with Gasteiger partial charge in [-0.25, -0.2) is 0 Å². The smallest absolute Gasteiger partial charge is 0.287 e. The summed E-state index contributed by atoms with van der Waals surface area (Å²) in [6, 6.07) is 11.2. The van der Waals surface area contributed by atoms with Crippen LogP contribution in [0.1, 0.15) is 53.8 Å². The zero-order valence-electron chi connectivity index (χ0n) is 18.0. The number of nitrogens with one attached hydrogen (secondary N) is 3. The Hall–Kier alpha value is -3.12. The van der Waals surface area contributed by atoms with Crippen molar-refractivity contribution in [2.75, 3.05) is 12.4 Å². The van der Waals surface area contributed by atoms with Gasteiger partial charge in [-0.15, -0.1) is 0 Å². The summed E-state index contributed by atoms with van der Waals surface area (Å²) in [7, 11) is 1.62. The highest BCUT2D eigenvalue weighted by atomic mass is 35.5. The quantitative estimate of drug-likeness (QED) is 0.476. The lowest BCUT2D eigenvalue weighted by Gasteiger charge is -2.44. The van der Waals surface area contributed by atoms with Gasteiger partial charge in [-0.3, -0.25) is 4.79 Å². The highest BCUT2D eigenvalue weighted by Gasteiger charge is 2.42. The highest BCUT2D eigenvalue weighted by molar-refractivity contribution is 6.34. The average Bonchev–Trinajstić information content (AvgIpc) is 3.21. The fourth-order valence-corrected chi connectivity index (χ4v) is 5.22. The van der Waals surface area contributed by atoms with Crippen molar-refractivity contribution in [1.29, 1.82) is 0 Å². The third kappa shape index (κ3) is 3.58. The van der Waals surface area contributed by atoms with Crippen molar-refractivity contribution in [2.24, 2.45) is 0 Å². The molecule has 1 spiro atoms. The van der Waals surface area contributed by atoms with Gasteiger partial charge in [0.15, 0.2) is 5.76 Å². The van der Waals surface area contributed by atoms with Crippen molar-refractivity contribution < 1.29 is 13.9 Å². The predicted molar refractivity (Wildman–Crippen MR) is 126 cm³/mol. The number of carbonyl (C=O) groups is 1. The van der Waals surface area contributed by atoms with E-state index in [2.05, 4.69) is 22.5 Å². The van der Waals surface area contributed by atoms with Gasteiger partial charge in [0.05, 0.1) is 29.2 Å². The number of hydrogen-bond acceptors (Lipinski definition) is 5. The van der Waals surface area contributed by atoms with Gasteiger partial charge >= 0.3 is 0 Å². The SMILES string of the molecule is C=C1Nc2c(Cl)cc3cc(C(=O)NCc4cccc(OC)c4)oc3c2C2(CCCCC2)N1. The summed E-state index contributed by atoms with van der Waals surface area (Å²) in [5, 5.41) is 11.2. The van der Waals surface area contributed by atoms with Crippen LogP contribution in [0.5, 0.6) is 5.75 Å². The lowest BCUT2D eigenvalue weighted by molar-refractivity contribution is 0.0925. The molecule has 6 nitrogen and oxygen atoms in total. The largest absolute Gasteiger partial charge is 0.497 e. The molecule has 32 heavy (non-hydrogen) atoms. The number of furan rings is 1. The van der Waals surface area contributed by atoms with E-state index in [1.54, 1.807) is 13.2 Å². The predicted octanol–water partition coefficient (Wildman–Crippen LogP) is 5.67. The molecule has 0 saturated heterocycles. The maximum Gasteiger partial charge on any atom is 0.287 e. The number of anilines is 1. The van der Waals surface area contributed by atoms with Crippen LogP contribution in [-0.4, -0.2) is 13.0 Å². The first kappa shape index (κ1) is 20.8. The second-order valence-electron chi connectivity index (χ2n) is 8.54. The summed E-state index contributed by atoms with van der Waals surface area (Å²) in [4.78, 5) is 12.9. The molecule has 0 unspecified atom stereocenters. The molecule has 0 atom stereocenters. The number of rotatable bonds is 4. The van der Waals surface area contributed by atoms with E-state index in [4.69, 9.17) is 20.8 Å². The Morgan fingerprint density at radius 2 is 2.06 bits per heavy atom. The summed E-state index contributed by atoms with van der Waals surface area (Å²) in [5.41, 5.74) is 3.18. The minimum atomic E-state index is -0.286. The highest BCUT2D eigenvalue weighted by Crippen LogP contribution is 2.49. The first-order chi connectivity index (χ1) is 15.5. The Morgan fingerprint density at radius 3 is 2.84 bits per heavy atom. The minimum absolute atomic E-state index is 0.266. The molecule has 166 valence electrons. The number of ether oxygens (including phenoxy) is 1. The molecule has 1 saturated carbocycles. The standard InChI is InChI=1S/C25H26ClN3O3/c1-15-28-22-19(26)12-17-13-20(24(30)27-14-16-7-6-8-18(11-16)31-2)32-23(17)21(22)25(29-15)9-4-3-5-10-25/h6-8,11-13,28-29H,1,3-5,9-10,14H2,2H3,(H,27,30). The molecule has 1 aliphatic carbocycles. The maximum absolute atomic E-state index is 12.9. The monoisotopic (exact) mass is 451 g/mol. The van der Waals surface area contributed by atoms with Gasteiger partial charge in [0.25, 0.3) is 5.91 Å². The van der Waals surface area contributed by atoms with Crippen LogP contribution in [0.3, 0.4) is 0 Å². The van der Waals surface area contributed by atoms with E-state index in [9.17, 15) is 4.79 Å². The summed E-state index contributed by atoms with van der Waals surface area (Å²) >= 11 is 6.66. The van der Waals surface area contributed by atoms with E-state index in [1.807, 2.05) is 30.3 Å². The van der Waals surface area contributed by atoms with Crippen molar-refractivity contribution in [1.82, 2.24) is 10.6 Å². The van der Waals surface area contributed by atoms with Crippen LogP contribution in [0.25, 0.3) is 11.0 Å². The first-order valence-electron chi connectivity index (χ1n) is 10.9. The van der Waals surface area contributed by atoms with Crippen molar-refractivity contribution >= 4 is 34.2 Å². The molecule has 1 aliphatic heterocycles. The lowest BCUT2D eigenvalue weighted by atomic mass is 9.74. The van der Waals surface area contributed by atoms with Crippen LogP contribution in [0.4, 0.5) is 5.69 Å². The molecule has 1 fully saturated rings. The Balaban J connectivity index is 1.49. The minimum Gasteiger partial charge on any atom is -0.497 e. The van der Waals surface area contributed by atoms with E-state index in [-0.39, 0.29) is 17.2 Å². The second kappa shape index (κ2) is 8.10. The van der Waals surface area contributed by atoms with E-state index < -0.39 is 0 Å². The molecule has 2 aromatic carbocycles. The average molecular weight is 452 g/mol. The van der Waals surface area contributed by atoms with Gasteiger partial charge in [0, 0.05) is 17.5 Å². The number of carbonyl (C=O) groups excluding carboxylic acids is 1. The summed E-state index contributed by atoms with van der Waals surface area (Å²) in [5.74, 6) is 1.49. The molecule has 5 rings (SSSR count). The zero-order valence-corrected chi connectivity index (χ0v) is 18.8. The number of methoxy groups -OCH3 is 1. The molecule has 2 aliphatic rings. The lowest BCUT2D eigenvalue weighted by Crippen LogP contribution is -2.48. The summed E-state index contributed by atoms with van der Waals surface area (Å²) in [6.07, 6.45) is 5.37. The van der Waals surface area contributed by atoms with E-state index in [1.165, 1.54) is 6.42 Å². The number of hydrogen-bond donors (Lipinski definition) is 3. The topological polar surface area (TPSA) is 75.5 Å². The Kier molecular flexibility index (Phi) is 5.25. The molecule has 0 bridgehead atoms. The molecule has 7 heteroatoms. The fourth-order valence-electron chi connectivity index (χ4n) is 4.96. The van der Waals surface area contributed by atoms with Crippen molar-refractivity contribution in [3.05, 3.63) is 70.7 Å². The van der Waals surface area contributed by atoms with E-state index in [0.29, 0.717) is 17.2 Å². The van der Waals surface area contributed by atoms with Crippen LogP contribution in [0, 0.1) is 0 Å². The number of amides is 1. The Labute approximate surface area is 192 Å². The zero-order chi connectivity index (χ0) is 22.3. The molecule has 2 heterocycles. The molecule has 3 N–H and O–H groups in total. The second-order valence-corrected chi connectivity index (χ2v) is 8.95. The molecule has 1 amide bonds. The van der Waals surface area contributed by atoms with E-state index in [0.717, 1.165) is 59.5 Å². The number of halogens is 1. The van der Waals surface area contributed by atoms with Crippen LogP contribution in [0.2, 0.25) is 5.02 Å². The summed E-state index contributed by atoms with van der Waals surface area (Å²) in [6.45, 7) is 4.47. The van der Waals surface area contributed by atoms with Crippen LogP contribution < -0.4 is 20.7 Å². The van der Waals surface area contributed by atoms with Crippen molar-refractivity contribution in [2.45, 2.75) is 44.2 Å². The molecular formula is C25H26ClN3O3. The van der Waals surface area contributed by atoms with Crippen LogP contribution in [-0.2, 0) is 12.1 Å². The van der Waals surface area contributed by atoms with Crippen LogP contribution >= 0.6 is 11.6 Å². The third-order valence-corrected chi connectivity index (χ3v) is 6.72. The van der Waals surface area contributed by atoms with Gasteiger partial charge in [0.2, 0.25) is 0 Å². The van der Waals surface area contributed by atoms with Gasteiger partial charge in [0.1, 0.15) is 11.3 Å². The Bertz CT molecular complexity index is 1210. The van der Waals surface area contributed by atoms with Gasteiger partial charge in [-0.05, 0) is 42.7 Å². The van der Waals surface area contributed by atoms with Crippen molar-refractivity contribution in [3.8, 4) is 5.75 Å².